The minimum Gasteiger partial charge on any atom is -0.330 e. The molecular weight excluding hydrogens is 284 g/mol. The van der Waals surface area contributed by atoms with E-state index in [4.69, 9.17) is 17.3 Å². The number of aromatic nitrogens is 2. The van der Waals surface area contributed by atoms with Gasteiger partial charge in [-0.2, -0.15) is 0 Å². The van der Waals surface area contributed by atoms with Gasteiger partial charge < -0.3 is 5.73 Å². The van der Waals surface area contributed by atoms with Gasteiger partial charge in [-0.05, 0) is 13.0 Å². The van der Waals surface area contributed by atoms with E-state index >= 15 is 0 Å². The summed E-state index contributed by atoms with van der Waals surface area (Å²) in [5, 5.41) is 1.71. The van der Waals surface area contributed by atoms with Gasteiger partial charge in [0.1, 0.15) is 0 Å². The first-order chi connectivity index (χ1) is 8.06. The SMILES string of the molecule is NCCCNS(=O)(=O)c1c(Cl)nc2sccn12. The topological polar surface area (TPSA) is 89.5 Å². The zero-order valence-corrected chi connectivity index (χ0v) is 11.1. The van der Waals surface area contributed by atoms with Crippen molar-refractivity contribution in [1.82, 2.24) is 14.1 Å². The molecule has 0 bridgehead atoms. The zero-order chi connectivity index (χ0) is 12.5. The molecule has 0 atom stereocenters. The summed E-state index contributed by atoms with van der Waals surface area (Å²) in [5.74, 6) is 0. The molecule has 17 heavy (non-hydrogen) atoms. The number of sulfonamides is 1. The Kier molecular flexibility index (Phi) is 3.69. The molecule has 94 valence electrons. The smallest absolute Gasteiger partial charge is 0.259 e. The van der Waals surface area contributed by atoms with Crippen LogP contribution in [0.2, 0.25) is 5.15 Å². The molecule has 0 fully saturated rings. The Morgan fingerprint density at radius 1 is 1.59 bits per heavy atom. The molecule has 0 unspecified atom stereocenters. The van der Waals surface area contributed by atoms with Gasteiger partial charge in [0, 0.05) is 18.1 Å². The molecule has 0 aromatic carbocycles. The lowest BCUT2D eigenvalue weighted by molar-refractivity contribution is 0.575. The summed E-state index contributed by atoms with van der Waals surface area (Å²) < 4.78 is 27.9. The Hall–Kier alpha value is -0.670. The minimum absolute atomic E-state index is 0.0166. The monoisotopic (exact) mass is 294 g/mol. The van der Waals surface area contributed by atoms with E-state index in [9.17, 15) is 8.42 Å². The number of rotatable bonds is 5. The normalized spacial score (nSPS) is 12.4. The van der Waals surface area contributed by atoms with E-state index < -0.39 is 10.0 Å². The number of nitrogens with two attached hydrogens (primary N) is 1. The van der Waals surface area contributed by atoms with Crippen LogP contribution >= 0.6 is 22.9 Å². The van der Waals surface area contributed by atoms with E-state index in [0.29, 0.717) is 17.9 Å². The Balaban J connectivity index is 2.37. The van der Waals surface area contributed by atoms with Gasteiger partial charge in [0.15, 0.2) is 15.1 Å². The molecule has 0 saturated heterocycles. The molecule has 2 aromatic heterocycles. The molecule has 0 aliphatic carbocycles. The highest BCUT2D eigenvalue weighted by Gasteiger charge is 2.24. The second-order valence-corrected chi connectivity index (χ2v) is 6.22. The van der Waals surface area contributed by atoms with E-state index in [1.54, 1.807) is 11.6 Å². The van der Waals surface area contributed by atoms with Gasteiger partial charge in [-0.25, -0.2) is 18.1 Å². The first kappa shape index (κ1) is 12.8. The van der Waals surface area contributed by atoms with Crippen LogP contribution in [0.4, 0.5) is 0 Å². The molecule has 0 amide bonds. The highest BCUT2D eigenvalue weighted by Crippen LogP contribution is 2.24. The number of thiazole rings is 1. The first-order valence-corrected chi connectivity index (χ1v) is 7.61. The number of nitrogens with one attached hydrogen (secondary N) is 1. The number of fused-ring (bicyclic) bond motifs is 1. The maximum Gasteiger partial charge on any atom is 0.259 e. The third kappa shape index (κ3) is 2.45. The molecule has 3 N–H and O–H groups in total. The van der Waals surface area contributed by atoms with Crippen molar-refractivity contribution in [2.45, 2.75) is 11.4 Å². The molecular formula is C8H11ClN4O2S2. The van der Waals surface area contributed by atoms with Crippen molar-refractivity contribution >= 4 is 37.9 Å². The highest BCUT2D eigenvalue weighted by atomic mass is 35.5. The van der Waals surface area contributed by atoms with E-state index in [1.165, 1.54) is 15.7 Å². The molecule has 2 aromatic rings. The van der Waals surface area contributed by atoms with E-state index in [1.807, 2.05) is 0 Å². The summed E-state index contributed by atoms with van der Waals surface area (Å²) in [5.41, 5.74) is 5.30. The standard InChI is InChI=1S/C8H11ClN4O2S2/c9-6-7(13-4-5-16-8(13)12-6)17(14,15)11-3-1-2-10/h4-5,11H,1-3,10H2. The lowest BCUT2D eigenvalue weighted by Gasteiger charge is -2.04. The highest BCUT2D eigenvalue weighted by molar-refractivity contribution is 7.89. The molecule has 0 saturated carbocycles. The van der Waals surface area contributed by atoms with Gasteiger partial charge in [-0.3, -0.25) is 4.40 Å². The molecule has 0 radical (unpaired) electrons. The van der Waals surface area contributed by atoms with Gasteiger partial charge in [-0.15, -0.1) is 11.3 Å². The average molecular weight is 295 g/mol. The zero-order valence-electron chi connectivity index (χ0n) is 8.76. The summed E-state index contributed by atoms with van der Waals surface area (Å²) in [7, 11) is -3.65. The van der Waals surface area contributed by atoms with Crippen molar-refractivity contribution in [1.29, 1.82) is 0 Å². The van der Waals surface area contributed by atoms with Gasteiger partial charge in [0.2, 0.25) is 0 Å². The fourth-order valence-electron chi connectivity index (χ4n) is 1.36. The van der Waals surface area contributed by atoms with Crippen LogP contribution in [0.3, 0.4) is 0 Å². The van der Waals surface area contributed by atoms with Crippen molar-refractivity contribution in [3.05, 3.63) is 16.7 Å². The molecule has 2 heterocycles. The largest absolute Gasteiger partial charge is 0.330 e. The van der Waals surface area contributed by atoms with Crippen LogP contribution in [0.1, 0.15) is 6.42 Å². The maximum absolute atomic E-state index is 12.0. The van der Waals surface area contributed by atoms with E-state index in [2.05, 4.69) is 9.71 Å². The third-order valence-corrected chi connectivity index (χ3v) is 4.72. The van der Waals surface area contributed by atoms with Crippen molar-refractivity contribution in [2.75, 3.05) is 13.1 Å². The average Bonchev–Trinajstić information content (AvgIpc) is 2.76. The van der Waals surface area contributed by atoms with Crippen molar-refractivity contribution in [3.8, 4) is 0 Å². The van der Waals surface area contributed by atoms with E-state index in [-0.39, 0.29) is 16.7 Å². The Labute approximate surface area is 107 Å². The summed E-state index contributed by atoms with van der Waals surface area (Å²) in [6, 6.07) is 0. The fraction of sp³-hybridized carbons (Fsp3) is 0.375. The molecule has 0 aliphatic heterocycles. The van der Waals surface area contributed by atoms with E-state index in [0.717, 1.165) is 0 Å². The van der Waals surface area contributed by atoms with Crippen LogP contribution in [0.25, 0.3) is 4.96 Å². The molecule has 6 nitrogen and oxygen atoms in total. The number of hydrogen-bond donors (Lipinski definition) is 2. The minimum atomic E-state index is -3.65. The predicted octanol–water partition coefficient (Wildman–Crippen LogP) is 0.676. The number of imidazole rings is 1. The van der Waals surface area contributed by atoms with Crippen LogP contribution in [0, 0.1) is 0 Å². The van der Waals surface area contributed by atoms with Crippen LogP contribution in [-0.2, 0) is 10.0 Å². The predicted molar refractivity (Wildman–Crippen MR) is 66.9 cm³/mol. The second kappa shape index (κ2) is 4.91. The van der Waals surface area contributed by atoms with Crippen LogP contribution in [-0.4, -0.2) is 30.9 Å². The van der Waals surface area contributed by atoms with Crippen molar-refractivity contribution in [3.63, 3.8) is 0 Å². The van der Waals surface area contributed by atoms with Crippen molar-refractivity contribution in [2.24, 2.45) is 5.73 Å². The van der Waals surface area contributed by atoms with Crippen LogP contribution in [0.15, 0.2) is 16.6 Å². The third-order valence-electron chi connectivity index (χ3n) is 2.11. The molecule has 0 spiro atoms. The number of nitrogens with zero attached hydrogens (tertiary/aromatic N) is 2. The van der Waals surface area contributed by atoms with Gasteiger partial charge in [0.05, 0.1) is 0 Å². The second-order valence-electron chi connectivity index (χ2n) is 3.30. The summed E-state index contributed by atoms with van der Waals surface area (Å²) in [4.78, 5) is 4.52. The number of halogens is 1. The lowest BCUT2D eigenvalue weighted by Crippen LogP contribution is -2.27. The van der Waals surface area contributed by atoms with Crippen molar-refractivity contribution < 1.29 is 8.42 Å². The summed E-state index contributed by atoms with van der Waals surface area (Å²) in [6.45, 7) is 0.711. The first-order valence-electron chi connectivity index (χ1n) is 4.87. The number of hydrogen-bond acceptors (Lipinski definition) is 5. The molecule has 9 heteroatoms. The Morgan fingerprint density at radius 3 is 3.06 bits per heavy atom. The van der Waals surface area contributed by atoms with Crippen LogP contribution in [0.5, 0.6) is 0 Å². The molecule has 0 aliphatic rings. The summed E-state index contributed by atoms with van der Waals surface area (Å²) in [6.07, 6.45) is 2.19. The Bertz CT molecular complexity index is 619. The quantitative estimate of drug-likeness (QED) is 0.794. The molecule has 2 rings (SSSR count). The van der Waals surface area contributed by atoms with Gasteiger partial charge in [0.25, 0.3) is 10.0 Å². The van der Waals surface area contributed by atoms with Gasteiger partial charge >= 0.3 is 0 Å². The van der Waals surface area contributed by atoms with Gasteiger partial charge in [-0.1, -0.05) is 11.6 Å². The lowest BCUT2D eigenvalue weighted by atomic mass is 10.4. The summed E-state index contributed by atoms with van der Waals surface area (Å²) >= 11 is 7.16. The maximum atomic E-state index is 12.0. The Morgan fingerprint density at radius 2 is 2.35 bits per heavy atom. The fourth-order valence-corrected chi connectivity index (χ4v) is 3.88. The van der Waals surface area contributed by atoms with Crippen LogP contribution < -0.4 is 10.5 Å².